The van der Waals surface area contributed by atoms with E-state index in [1.54, 1.807) is 39.0 Å². The molecule has 116 valence electrons. The number of aliphatic hydroxyl groups excluding tert-OH is 1. The lowest BCUT2D eigenvalue weighted by Gasteiger charge is -2.22. The summed E-state index contributed by atoms with van der Waals surface area (Å²) in [5.41, 5.74) is 0.782. The first-order chi connectivity index (χ1) is 9.73. The van der Waals surface area contributed by atoms with E-state index in [4.69, 9.17) is 0 Å². The maximum atomic E-state index is 12.5. The van der Waals surface area contributed by atoms with Crippen molar-refractivity contribution in [3.63, 3.8) is 0 Å². The normalized spacial score (nSPS) is 11.9. The zero-order valence-corrected chi connectivity index (χ0v) is 12.7. The number of nitro benzene ring substituents is 1. The van der Waals surface area contributed by atoms with E-state index in [1.165, 1.54) is 17.0 Å². The molecular formula is C14H21N3O4. The molecular weight excluding hydrogens is 274 g/mol. The fraction of sp³-hybridized carbons (Fsp3) is 0.500. The number of nitrogens with zero attached hydrogens (tertiary/aromatic N) is 3. The molecule has 0 bridgehead atoms. The van der Waals surface area contributed by atoms with E-state index in [1.807, 2.05) is 0 Å². The van der Waals surface area contributed by atoms with Crippen LogP contribution in [0.25, 0.3) is 0 Å². The highest BCUT2D eigenvalue weighted by atomic mass is 16.6. The van der Waals surface area contributed by atoms with E-state index >= 15 is 0 Å². The summed E-state index contributed by atoms with van der Waals surface area (Å²) in [6, 6.07) is 4.23. The molecule has 1 aromatic carbocycles. The predicted molar refractivity (Wildman–Crippen MR) is 80.7 cm³/mol. The van der Waals surface area contributed by atoms with E-state index in [-0.39, 0.29) is 17.2 Å². The second kappa shape index (κ2) is 7.03. The van der Waals surface area contributed by atoms with Crippen molar-refractivity contribution in [2.45, 2.75) is 19.4 Å². The van der Waals surface area contributed by atoms with Crippen LogP contribution in [0.4, 0.5) is 11.4 Å². The topological polar surface area (TPSA) is 86.9 Å². The Morgan fingerprint density at radius 2 is 2.00 bits per heavy atom. The fourth-order valence-corrected chi connectivity index (χ4v) is 1.89. The number of aliphatic hydroxyl groups is 1. The summed E-state index contributed by atoms with van der Waals surface area (Å²) in [4.78, 5) is 26.0. The van der Waals surface area contributed by atoms with Crippen molar-refractivity contribution in [3.05, 3.63) is 33.9 Å². The minimum Gasteiger partial charge on any atom is -0.393 e. The van der Waals surface area contributed by atoms with Crippen LogP contribution < -0.4 is 4.90 Å². The third-order valence-electron chi connectivity index (χ3n) is 3.13. The van der Waals surface area contributed by atoms with Gasteiger partial charge in [-0.1, -0.05) is 0 Å². The average molecular weight is 295 g/mol. The third kappa shape index (κ3) is 4.42. The lowest BCUT2D eigenvalue weighted by molar-refractivity contribution is -0.384. The van der Waals surface area contributed by atoms with Gasteiger partial charge in [-0.25, -0.2) is 0 Å². The first-order valence-corrected chi connectivity index (χ1v) is 6.63. The maximum absolute atomic E-state index is 12.5. The van der Waals surface area contributed by atoms with E-state index in [9.17, 15) is 20.0 Å². The highest BCUT2D eigenvalue weighted by Crippen LogP contribution is 2.25. The van der Waals surface area contributed by atoms with Crippen molar-refractivity contribution in [1.82, 2.24) is 4.90 Å². The lowest BCUT2D eigenvalue weighted by Crippen LogP contribution is -2.30. The van der Waals surface area contributed by atoms with E-state index < -0.39 is 11.0 Å². The summed E-state index contributed by atoms with van der Waals surface area (Å²) in [7, 11) is 5.16. The molecule has 0 saturated carbocycles. The van der Waals surface area contributed by atoms with Crippen LogP contribution in [0.5, 0.6) is 0 Å². The van der Waals surface area contributed by atoms with Gasteiger partial charge in [-0.05, 0) is 19.4 Å². The van der Waals surface area contributed by atoms with Gasteiger partial charge >= 0.3 is 0 Å². The van der Waals surface area contributed by atoms with E-state index in [0.29, 0.717) is 18.7 Å². The number of hydrogen-bond donors (Lipinski definition) is 1. The van der Waals surface area contributed by atoms with E-state index in [2.05, 4.69) is 0 Å². The number of hydrogen-bond acceptors (Lipinski definition) is 5. The maximum Gasteiger partial charge on any atom is 0.270 e. The molecule has 1 amide bonds. The van der Waals surface area contributed by atoms with Gasteiger partial charge in [0.25, 0.3) is 11.6 Å². The Labute approximate surface area is 123 Å². The Kier molecular flexibility index (Phi) is 5.66. The van der Waals surface area contributed by atoms with Crippen molar-refractivity contribution >= 4 is 17.3 Å². The molecule has 1 N–H and O–H groups in total. The largest absolute Gasteiger partial charge is 0.393 e. The number of anilines is 1. The summed E-state index contributed by atoms with van der Waals surface area (Å²) >= 11 is 0. The van der Waals surface area contributed by atoms with Crippen LogP contribution in [-0.2, 0) is 0 Å². The molecule has 1 aromatic rings. The van der Waals surface area contributed by atoms with Gasteiger partial charge in [-0.15, -0.1) is 0 Å². The second-order valence-electron chi connectivity index (χ2n) is 5.22. The monoisotopic (exact) mass is 295 g/mol. The number of carbonyl (C=O) groups excluding carboxylic acids is 1. The predicted octanol–water partition coefficient (Wildman–Crippen LogP) is 1.50. The lowest BCUT2D eigenvalue weighted by atomic mass is 10.1. The third-order valence-corrected chi connectivity index (χ3v) is 3.13. The van der Waals surface area contributed by atoms with Gasteiger partial charge in [-0.2, -0.15) is 0 Å². The quantitative estimate of drug-likeness (QED) is 0.635. The fourth-order valence-electron chi connectivity index (χ4n) is 1.89. The Balaban J connectivity index is 3.10. The van der Waals surface area contributed by atoms with Crippen LogP contribution in [0.1, 0.15) is 23.7 Å². The number of rotatable bonds is 6. The molecule has 21 heavy (non-hydrogen) atoms. The average Bonchev–Trinajstić information content (AvgIpc) is 2.42. The molecule has 0 aromatic heterocycles. The molecule has 0 aliphatic heterocycles. The molecule has 0 aliphatic carbocycles. The molecule has 0 saturated heterocycles. The number of benzene rings is 1. The minimum atomic E-state index is -0.522. The number of carbonyl (C=O) groups is 1. The summed E-state index contributed by atoms with van der Waals surface area (Å²) in [6.45, 7) is 2.03. The molecule has 1 rings (SSSR count). The minimum absolute atomic E-state index is 0.118. The number of nitro groups is 1. The second-order valence-corrected chi connectivity index (χ2v) is 5.22. The number of amides is 1. The van der Waals surface area contributed by atoms with Gasteiger partial charge < -0.3 is 14.9 Å². The van der Waals surface area contributed by atoms with Gasteiger partial charge in [0.1, 0.15) is 0 Å². The molecule has 1 unspecified atom stereocenters. The highest BCUT2D eigenvalue weighted by molar-refractivity contribution is 6.00. The van der Waals surface area contributed by atoms with Gasteiger partial charge in [0, 0.05) is 45.5 Å². The summed E-state index contributed by atoms with van der Waals surface area (Å²) < 4.78 is 0. The Morgan fingerprint density at radius 1 is 1.38 bits per heavy atom. The molecule has 7 heteroatoms. The Hall–Kier alpha value is -2.15. The van der Waals surface area contributed by atoms with Crippen LogP contribution in [0, 0.1) is 10.1 Å². The Bertz CT molecular complexity index is 529. The van der Waals surface area contributed by atoms with Gasteiger partial charge in [0.15, 0.2) is 0 Å². The molecule has 0 spiro atoms. The zero-order chi connectivity index (χ0) is 16.2. The Morgan fingerprint density at radius 3 is 2.48 bits per heavy atom. The van der Waals surface area contributed by atoms with Crippen molar-refractivity contribution in [1.29, 1.82) is 0 Å². The van der Waals surface area contributed by atoms with Crippen molar-refractivity contribution in [3.8, 4) is 0 Å². The summed E-state index contributed by atoms with van der Waals surface area (Å²) in [6.07, 6.45) is -0.0484. The molecule has 1 atom stereocenters. The van der Waals surface area contributed by atoms with Crippen molar-refractivity contribution in [2.24, 2.45) is 0 Å². The van der Waals surface area contributed by atoms with Crippen LogP contribution >= 0.6 is 0 Å². The molecule has 0 heterocycles. The van der Waals surface area contributed by atoms with Crippen LogP contribution in [0.3, 0.4) is 0 Å². The van der Waals surface area contributed by atoms with Crippen LogP contribution in [0.15, 0.2) is 18.2 Å². The molecule has 0 aliphatic rings. The SMILES string of the molecule is CC(O)CCN(C)C(=O)c1cc([N+](=O)[O-])ccc1N(C)C. The van der Waals surface area contributed by atoms with Gasteiger partial charge in [-0.3, -0.25) is 14.9 Å². The molecule has 0 fully saturated rings. The van der Waals surface area contributed by atoms with Gasteiger partial charge in [0.2, 0.25) is 0 Å². The van der Waals surface area contributed by atoms with Crippen LogP contribution in [0.2, 0.25) is 0 Å². The molecule has 7 nitrogen and oxygen atoms in total. The first-order valence-electron chi connectivity index (χ1n) is 6.63. The van der Waals surface area contributed by atoms with Crippen molar-refractivity contribution < 1.29 is 14.8 Å². The van der Waals surface area contributed by atoms with Gasteiger partial charge in [0.05, 0.1) is 16.6 Å². The first kappa shape index (κ1) is 16.9. The number of non-ortho nitro benzene ring substituents is 1. The van der Waals surface area contributed by atoms with Crippen molar-refractivity contribution in [2.75, 3.05) is 32.6 Å². The summed E-state index contributed by atoms with van der Waals surface area (Å²) in [5.74, 6) is -0.303. The van der Waals surface area contributed by atoms with Crippen LogP contribution in [-0.4, -0.2) is 54.6 Å². The summed E-state index contributed by atoms with van der Waals surface area (Å²) in [5, 5.41) is 20.2. The zero-order valence-electron chi connectivity index (χ0n) is 12.7. The van der Waals surface area contributed by atoms with E-state index in [0.717, 1.165) is 0 Å². The smallest absolute Gasteiger partial charge is 0.270 e. The standard InChI is InChI=1S/C14H21N3O4/c1-10(18)7-8-16(4)14(19)12-9-11(17(20)21)5-6-13(12)15(2)3/h5-6,9-10,18H,7-8H2,1-4H3. The highest BCUT2D eigenvalue weighted by Gasteiger charge is 2.20. The molecule has 0 radical (unpaired) electrons.